The van der Waals surface area contributed by atoms with E-state index < -0.39 is 26.7 Å². The van der Waals surface area contributed by atoms with Gasteiger partial charge in [0.15, 0.2) is 14.6 Å². The Labute approximate surface area is 173 Å². The Morgan fingerprint density at radius 2 is 1.72 bits per heavy atom. The predicted octanol–water partition coefficient (Wildman–Crippen LogP) is 4.66. The highest BCUT2D eigenvalue weighted by atomic mass is 28.4. The van der Waals surface area contributed by atoms with E-state index in [0.717, 1.165) is 10.5 Å². The van der Waals surface area contributed by atoms with E-state index in [9.17, 15) is 14.7 Å². The van der Waals surface area contributed by atoms with E-state index in [-0.39, 0.29) is 23.7 Å². The Morgan fingerprint density at radius 3 is 2.21 bits per heavy atom. The first-order valence-electron chi connectivity index (χ1n) is 9.70. The quantitative estimate of drug-likeness (QED) is 0.512. The molecule has 1 aliphatic heterocycles. The minimum Gasteiger partial charge on any atom is -0.478 e. The third-order valence-electron chi connectivity index (χ3n) is 5.65. The van der Waals surface area contributed by atoms with Crippen molar-refractivity contribution in [1.82, 2.24) is 4.90 Å². The van der Waals surface area contributed by atoms with Crippen LogP contribution in [-0.2, 0) is 9.22 Å². The van der Waals surface area contributed by atoms with E-state index in [0.29, 0.717) is 17.7 Å². The van der Waals surface area contributed by atoms with Gasteiger partial charge in [-0.15, -0.1) is 0 Å². The standard InChI is InChI=1S/C21H31NO6Si/c1-14(28-29(5,6)21(2,3)4)27-16-9-7-15(8-10-16)17-11-12-22(20(25)26)13-18(17)19(23)24/h7-10,14H,11-13H2,1-6H3,(H,23,24)(H,25,26). The molecule has 0 bridgehead atoms. The number of nitrogens with zero attached hydrogens (tertiary/aromatic N) is 1. The van der Waals surface area contributed by atoms with Gasteiger partial charge < -0.3 is 24.3 Å². The van der Waals surface area contributed by atoms with Gasteiger partial charge in [-0.25, -0.2) is 9.59 Å². The number of ether oxygens (including phenoxy) is 1. The number of rotatable bonds is 6. The van der Waals surface area contributed by atoms with Crippen LogP contribution in [-0.4, -0.2) is 54.9 Å². The van der Waals surface area contributed by atoms with Gasteiger partial charge in [0.05, 0.1) is 12.1 Å². The van der Waals surface area contributed by atoms with Gasteiger partial charge in [-0.2, -0.15) is 0 Å². The Kier molecular flexibility index (Phi) is 6.80. The monoisotopic (exact) mass is 421 g/mol. The summed E-state index contributed by atoms with van der Waals surface area (Å²) >= 11 is 0. The molecule has 2 N–H and O–H groups in total. The molecule has 1 heterocycles. The lowest BCUT2D eigenvalue weighted by Crippen LogP contribution is -2.44. The number of carboxylic acid groups (broad SMARTS) is 2. The van der Waals surface area contributed by atoms with Gasteiger partial charge in [0.1, 0.15) is 5.75 Å². The van der Waals surface area contributed by atoms with E-state index in [1.807, 2.05) is 19.1 Å². The van der Waals surface area contributed by atoms with Crippen molar-refractivity contribution in [2.75, 3.05) is 13.1 Å². The SMILES string of the molecule is CC(Oc1ccc(C2=C(C(=O)O)CN(C(=O)O)CC2)cc1)O[Si](C)(C)C(C)(C)C. The van der Waals surface area contributed by atoms with Crippen molar-refractivity contribution in [3.8, 4) is 5.75 Å². The topological polar surface area (TPSA) is 96.3 Å². The summed E-state index contributed by atoms with van der Waals surface area (Å²) < 4.78 is 12.1. The number of benzene rings is 1. The minimum absolute atomic E-state index is 0.0823. The maximum atomic E-state index is 11.6. The predicted molar refractivity (Wildman–Crippen MR) is 114 cm³/mol. The first-order chi connectivity index (χ1) is 13.3. The van der Waals surface area contributed by atoms with E-state index >= 15 is 0 Å². The molecule has 0 saturated heterocycles. The normalized spacial score (nSPS) is 16.6. The van der Waals surface area contributed by atoms with E-state index in [2.05, 4.69) is 33.9 Å². The second-order valence-corrected chi connectivity index (χ2v) is 13.6. The smallest absolute Gasteiger partial charge is 0.407 e. The highest BCUT2D eigenvalue weighted by Gasteiger charge is 2.39. The lowest BCUT2D eigenvalue weighted by Gasteiger charge is -2.38. The summed E-state index contributed by atoms with van der Waals surface area (Å²) in [5.41, 5.74) is 1.53. The maximum absolute atomic E-state index is 11.6. The van der Waals surface area contributed by atoms with Crippen molar-refractivity contribution >= 4 is 26.0 Å². The maximum Gasteiger partial charge on any atom is 0.407 e. The third-order valence-corrected chi connectivity index (χ3v) is 10.2. The zero-order valence-corrected chi connectivity index (χ0v) is 19.0. The van der Waals surface area contributed by atoms with Crippen molar-refractivity contribution in [2.45, 2.75) is 58.5 Å². The Bertz CT molecular complexity index is 794. The number of hydrogen-bond donors (Lipinski definition) is 2. The molecule has 1 unspecified atom stereocenters. The van der Waals surface area contributed by atoms with Gasteiger partial charge >= 0.3 is 12.1 Å². The second-order valence-electron chi connectivity index (χ2n) is 8.80. The number of carboxylic acids is 1. The van der Waals surface area contributed by atoms with Crippen molar-refractivity contribution in [3.05, 3.63) is 35.4 Å². The van der Waals surface area contributed by atoms with Crippen molar-refractivity contribution in [1.29, 1.82) is 0 Å². The van der Waals surface area contributed by atoms with Gasteiger partial charge in [0.2, 0.25) is 0 Å². The summed E-state index contributed by atoms with van der Waals surface area (Å²) in [4.78, 5) is 23.9. The molecule has 1 atom stereocenters. The fourth-order valence-electron chi connectivity index (χ4n) is 2.98. The molecule has 1 aromatic carbocycles. The molecular weight excluding hydrogens is 390 g/mol. The lowest BCUT2D eigenvalue weighted by molar-refractivity contribution is -0.132. The van der Waals surface area contributed by atoms with Crippen LogP contribution < -0.4 is 4.74 Å². The van der Waals surface area contributed by atoms with Gasteiger partial charge in [-0.1, -0.05) is 32.9 Å². The molecule has 1 amide bonds. The number of carbonyl (C=O) groups is 2. The number of hydrogen-bond acceptors (Lipinski definition) is 4. The number of amides is 1. The average Bonchev–Trinajstić information content (AvgIpc) is 2.60. The zero-order valence-electron chi connectivity index (χ0n) is 18.0. The van der Waals surface area contributed by atoms with Gasteiger partial charge in [-0.05, 0) is 54.7 Å². The van der Waals surface area contributed by atoms with Crippen molar-refractivity contribution < 1.29 is 29.0 Å². The molecule has 8 heteroatoms. The van der Waals surface area contributed by atoms with Crippen LogP contribution >= 0.6 is 0 Å². The largest absolute Gasteiger partial charge is 0.478 e. The van der Waals surface area contributed by atoms with Gasteiger partial charge in [-0.3, -0.25) is 0 Å². The molecule has 0 radical (unpaired) electrons. The van der Waals surface area contributed by atoms with E-state index in [1.165, 1.54) is 0 Å². The van der Waals surface area contributed by atoms with Crippen LogP contribution in [0.3, 0.4) is 0 Å². The zero-order chi connectivity index (χ0) is 22.0. The molecule has 29 heavy (non-hydrogen) atoms. The third kappa shape index (κ3) is 5.60. The van der Waals surface area contributed by atoms with Crippen molar-refractivity contribution in [2.24, 2.45) is 0 Å². The Hall–Kier alpha value is -2.32. The molecule has 160 valence electrons. The van der Waals surface area contributed by atoms with Gasteiger partial charge in [0.25, 0.3) is 0 Å². The molecule has 0 fully saturated rings. The first kappa shape index (κ1) is 23.0. The number of aliphatic carboxylic acids is 1. The molecule has 0 saturated carbocycles. The van der Waals surface area contributed by atoms with Crippen LogP contribution in [0.2, 0.25) is 18.1 Å². The van der Waals surface area contributed by atoms with Crippen LogP contribution in [0.4, 0.5) is 4.79 Å². The summed E-state index contributed by atoms with van der Waals surface area (Å²) in [6.07, 6.45) is -1.14. The summed E-state index contributed by atoms with van der Waals surface area (Å²) in [6, 6.07) is 7.19. The van der Waals surface area contributed by atoms with E-state index in [1.54, 1.807) is 12.1 Å². The van der Waals surface area contributed by atoms with Crippen molar-refractivity contribution in [3.63, 3.8) is 0 Å². The van der Waals surface area contributed by atoms with Crippen LogP contribution in [0, 0.1) is 0 Å². The summed E-state index contributed by atoms with van der Waals surface area (Å²) in [5.74, 6) is -0.455. The lowest BCUT2D eigenvalue weighted by atomic mass is 9.93. The average molecular weight is 422 g/mol. The van der Waals surface area contributed by atoms with Crippen LogP contribution in [0.5, 0.6) is 5.75 Å². The van der Waals surface area contributed by atoms with Crippen LogP contribution in [0.25, 0.3) is 5.57 Å². The second kappa shape index (κ2) is 8.58. The van der Waals surface area contributed by atoms with Crippen LogP contribution in [0.1, 0.15) is 39.7 Å². The summed E-state index contributed by atoms with van der Waals surface area (Å²) in [7, 11) is -1.95. The van der Waals surface area contributed by atoms with E-state index in [4.69, 9.17) is 14.3 Å². The molecule has 0 aromatic heterocycles. The molecule has 0 spiro atoms. The first-order valence-corrected chi connectivity index (χ1v) is 12.6. The molecule has 1 aromatic rings. The highest BCUT2D eigenvalue weighted by Crippen LogP contribution is 2.37. The Balaban J connectivity index is 2.14. The Morgan fingerprint density at radius 1 is 1.14 bits per heavy atom. The fourth-order valence-corrected chi connectivity index (χ4v) is 4.22. The molecule has 7 nitrogen and oxygen atoms in total. The van der Waals surface area contributed by atoms with Crippen LogP contribution in [0.15, 0.2) is 29.8 Å². The van der Waals surface area contributed by atoms with Gasteiger partial charge in [0, 0.05) is 6.54 Å². The highest BCUT2D eigenvalue weighted by molar-refractivity contribution is 6.74. The minimum atomic E-state index is -1.95. The molecule has 0 aliphatic carbocycles. The molecule has 2 rings (SSSR count). The summed E-state index contributed by atoms with van der Waals surface area (Å²) in [6.45, 7) is 12.9. The molecule has 1 aliphatic rings. The molecular formula is C21H31NO6Si. The summed E-state index contributed by atoms with van der Waals surface area (Å²) in [5, 5.41) is 18.7. The fraction of sp³-hybridized carbons (Fsp3) is 0.524.